The number of halogens is 1. The minimum absolute atomic E-state index is 0.139. The summed E-state index contributed by atoms with van der Waals surface area (Å²) in [7, 11) is 1.70. The van der Waals surface area contributed by atoms with Gasteiger partial charge in [0.15, 0.2) is 5.82 Å². The molecule has 0 aliphatic heterocycles. The number of nitriles is 1. The molecule has 28 heavy (non-hydrogen) atoms. The summed E-state index contributed by atoms with van der Waals surface area (Å²) in [4.78, 5) is 14.5. The van der Waals surface area contributed by atoms with Crippen LogP contribution in [-0.2, 0) is 4.79 Å². The molecule has 1 aliphatic carbocycles. The van der Waals surface area contributed by atoms with E-state index in [1.54, 1.807) is 31.0 Å². The molecule has 1 fully saturated rings. The molecule has 1 saturated carbocycles. The molecule has 0 unspecified atom stereocenters. The molecule has 1 aromatic carbocycles. The van der Waals surface area contributed by atoms with Gasteiger partial charge in [-0.15, -0.1) is 10.2 Å². The molecule has 7 nitrogen and oxygen atoms in total. The van der Waals surface area contributed by atoms with Crippen LogP contribution in [0.2, 0.25) is 0 Å². The Kier molecular flexibility index (Phi) is 5.89. The average Bonchev–Trinajstić information content (AvgIpc) is 3.08. The second kappa shape index (κ2) is 8.19. The summed E-state index contributed by atoms with van der Waals surface area (Å²) < 4.78 is 14.4. The smallest absolute Gasteiger partial charge is 0.236 e. The molecule has 1 aromatic heterocycles. The second-order valence-corrected chi connectivity index (χ2v) is 8.35. The third-order valence-electron chi connectivity index (χ3n) is 5.26. The van der Waals surface area contributed by atoms with Crippen LogP contribution in [0.4, 0.5) is 4.39 Å². The Morgan fingerprint density at radius 3 is 2.57 bits per heavy atom. The molecule has 148 valence electrons. The van der Waals surface area contributed by atoms with E-state index in [9.17, 15) is 14.4 Å². The molecular weight excluding hydrogens is 379 g/mol. The zero-order valence-electron chi connectivity index (χ0n) is 15.9. The van der Waals surface area contributed by atoms with Gasteiger partial charge in [0.2, 0.25) is 11.1 Å². The molecule has 2 N–H and O–H groups in total. The van der Waals surface area contributed by atoms with Gasteiger partial charge in [0.25, 0.3) is 0 Å². The number of benzene rings is 1. The molecule has 1 atom stereocenters. The van der Waals surface area contributed by atoms with Gasteiger partial charge in [-0.2, -0.15) is 5.26 Å². The maximum atomic E-state index is 13.1. The minimum atomic E-state index is -0.736. The van der Waals surface area contributed by atoms with Crippen LogP contribution in [0.15, 0.2) is 29.4 Å². The average molecular weight is 402 g/mol. The summed E-state index contributed by atoms with van der Waals surface area (Å²) >= 11 is 1.19. The normalized spacial score (nSPS) is 16.9. The van der Waals surface area contributed by atoms with E-state index in [4.69, 9.17) is 5.84 Å². The van der Waals surface area contributed by atoms with Crippen LogP contribution in [0.1, 0.15) is 39.0 Å². The summed E-state index contributed by atoms with van der Waals surface area (Å²) in [6.45, 7) is 1.77. The van der Waals surface area contributed by atoms with E-state index >= 15 is 0 Å². The molecule has 0 spiro atoms. The maximum absolute atomic E-state index is 13.1. The third kappa shape index (κ3) is 3.83. The van der Waals surface area contributed by atoms with Crippen molar-refractivity contribution in [2.24, 2.45) is 0 Å². The van der Waals surface area contributed by atoms with Gasteiger partial charge in [0.05, 0.1) is 11.3 Å². The molecule has 1 aliphatic rings. The molecule has 9 heteroatoms. The summed E-state index contributed by atoms with van der Waals surface area (Å²) in [6, 6.07) is 8.15. The molecule has 0 radical (unpaired) electrons. The van der Waals surface area contributed by atoms with Crippen molar-refractivity contribution in [1.82, 2.24) is 19.8 Å². The molecule has 0 saturated heterocycles. The zero-order valence-corrected chi connectivity index (χ0v) is 16.7. The lowest BCUT2D eigenvalue weighted by Crippen LogP contribution is -2.52. The number of carbonyl (C=O) groups is 1. The molecule has 1 heterocycles. The number of nitrogen functional groups attached to an aromatic ring is 1. The summed E-state index contributed by atoms with van der Waals surface area (Å²) in [5, 5.41) is 17.7. The van der Waals surface area contributed by atoms with Gasteiger partial charge in [-0.1, -0.05) is 31.0 Å². The minimum Gasteiger partial charge on any atom is -0.335 e. The van der Waals surface area contributed by atoms with E-state index in [0.29, 0.717) is 29.4 Å². The highest BCUT2D eigenvalue weighted by Gasteiger charge is 2.40. The number of carbonyl (C=O) groups excluding carboxylic acids is 1. The van der Waals surface area contributed by atoms with Crippen LogP contribution >= 0.6 is 11.8 Å². The van der Waals surface area contributed by atoms with Crippen molar-refractivity contribution in [1.29, 1.82) is 5.26 Å². The monoisotopic (exact) mass is 402 g/mol. The van der Waals surface area contributed by atoms with Gasteiger partial charge in [-0.05, 0) is 44.0 Å². The lowest BCUT2D eigenvalue weighted by molar-refractivity contribution is -0.133. The second-order valence-electron chi connectivity index (χ2n) is 7.04. The first-order valence-corrected chi connectivity index (χ1v) is 10.1. The Labute approximate surface area is 167 Å². The van der Waals surface area contributed by atoms with Gasteiger partial charge in [-0.3, -0.25) is 4.79 Å². The molecule has 0 bridgehead atoms. The highest BCUT2D eigenvalue weighted by molar-refractivity contribution is 8.00. The van der Waals surface area contributed by atoms with E-state index in [0.717, 1.165) is 19.3 Å². The first-order valence-electron chi connectivity index (χ1n) is 9.20. The quantitative estimate of drug-likeness (QED) is 0.609. The summed E-state index contributed by atoms with van der Waals surface area (Å²) in [5.74, 6) is 5.99. The van der Waals surface area contributed by atoms with Crippen LogP contribution < -0.4 is 5.84 Å². The fourth-order valence-electron chi connectivity index (χ4n) is 3.50. The van der Waals surface area contributed by atoms with Crippen molar-refractivity contribution in [3.63, 3.8) is 0 Å². The SMILES string of the molecule is C[C@@H](Sc1nnc(-c2ccc(F)cc2)n1N)C(=O)N(C)C1(C#N)CCCCC1. The number of aromatic nitrogens is 3. The summed E-state index contributed by atoms with van der Waals surface area (Å²) in [5.41, 5.74) is -0.107. The molecule has 3 rings (SSSR count). The van der Waals surface area contributed by atoms with Crippen molar-refractivity contribution < 1.29 is 9.18 Å². The van der Waals surface area contributed by atoms with Crippen molar-refractivity contribution in [3.8, 4) is 17.5 Å². The van der Waals surface area contributed by atoms with Gasteiger partial charge in [0.1, 0.15) is 11.4 Å². The predicted octanol–water partition coefficient (Wildman–Crippen LogP) is 2.96. The maximum Gasteiger partial charge on any atom is 0.236 e. The standard InChI is InChI=1S/C19H23FN6OS/c1-13(17(27)25(2)19(12-21)10-4-3-5-11-19)28-18-24-23-16(26(18)22)14-6-8-15(20)9-7-14/h6-9,13H,3-5,10-11,22H2,1-2H3/t13-/m1/s1. The highest BCUT2D eigenvalue weighted by atomic mass is 32.2. The number of thioether (sulfide) groups is 1. The van der Waals surface area contributed by atoms with Crippen molar-refractivity contribution in [3.05, 3.63) is 30.1 Å². The van der Waals surface area contributed by atoms with Crippen molar-refractivity contribution in [2.45, 2.75) is 55.0 Å². The topological polar surface area (TPSA) is 101 Å². The van der Waals surface area contributed by atoms with Gasteiger partial charge in [-0.25, -0.2) is 9.07 Å². The predicted molar refractivity (Wildman–Crippen MR) is 105 cm³/mol. The lowest BCUT2D eigenvalue weighted by Gasteiger charge is -2.40. The number of hydrogen-bond acceptors (Lipinski definition) is 6. The Bertz CT molecular complexity index is 885. The Morgan fingerprint density at radius 1 is 1.32 bits per heavy atom. The van der Waals surface area contributed by atoms with Crippen LogP contribution in [0.3, 0.4) is 0 Å². The van der Waals surface area contributed by atoms with Crippen LogP contribution in [0.25, 0.3) is 11.4 Å². The third-order valence-corrected chi connectivity index (χ3v) is 6.30. The fourth-order valence-corrected chi connectivity index (χ4v) is 4.37. The number of rotatable bonds is 5. The van der Waals surface area contributed by atoms with Crippen molar-refractivity contribution >= 4 is 17.7 Å². The first kappa shape index (κ1) is 20.1. The molecule has 1 amide bonds. The highest BCUT2D eigenvalue weighted by Crippen LogP contribution is 2.34. The van der Waals surface area contributed by atoms with Crippen molar-refractivity contribution in [2.75, 3.05) is 12.9 Å². The van der Waals surface area contributed by atoms with Gasteiger partial charge >= 0.3 is 0 Å². The lowest BCUT2D eigenvalue weighted by atomic mass is 9.81. The number of nitrogens with zero attached hydrogens (tertiary/aromatic N) is 5. The van der Waals surface area contributed by atoms with Crippen LogP contribution in [0, 0.1) is 17.1 Å². The van der Waals surface area contributed by atoms with E-state index in [-0.39, 0.29) is 11.7 Å². The van der Waals surface area contributed by atoms with E-state index < -0.39 is 10.8 Å². The van der Waals surface area contributed by atoms with E-state index in [1.165, 1.54) is 28.6 Å². The largest absolute Gasteiger partial charge is 0.335 e. The number of nitrogens with two attached hydrogens (primary N) is 1. The Balaban J connectivity index is 1.74. The number of hydrogen-bond donors (Lipinski definition) is 1. The molecular formula is C19H23FN6OS. The Hall–Kier alpha value is -2.60. The van der Waals surface area contributed by atoms with Gasteiger partial charge < -0.3 is 10.7 Å². The Morgan fingerprint density at radius 2 is 1.96 bits per heavy atom. The van der Waals surface area contributed by atoms with E-state index in [2.05, 4.69) is 16.3 Å². The summed E-state index contributed by atoms with van der Waals surface area (Å²) in [6.07, 6.45) is 4.39. The van der Waals surface area contributed by atoms with E-state index in [1.807, 2.05) is 0 Å². The first-order chi connectivity index (χ1) is 13.4. The fraction of sp³-hybridized carbons (Fsp3) is 0.474. The zero-order chi connectivity index (χ0) is 20.3. The molecule has 2 aromatic rings. The van der Waals surface area contributed by atoms with Crippen LogP contribution in [0.5, 0.6) is 0 Å². The number of amides is 1. The van der Waals surface area contributed by atoms with Gasteiger partial charge in [0, 0.05) is 12.6 Å². The van der Waals surface area contributed by atoms with Crippen LogP contribution in [-0.4, -0.2) is 43.5 Å².